The highest BCUT2D eigenvalue weighted by Crippen LogP contribution is 2.17. The number of amides is 2. The van der Waals surface area contributed by atoms with Crippen molar-refractivity contribution in [3.05, 3.63) is 34.0 Å². The van der Waals surface area contributed by atoms with Gasteiger partial charge in [-0.1, -0.05) is 6.08 Å². The van der Waals surface area contributed by atoms with E-state index >= 15 is 0 Å². The van der Waals surface area contributed by atoms with E-state index in [4.69, 9.17) is 0 Å². The van der Waals surface area contributed by atoms with Gasteiger partial charge in [0.15, 0.2) is 0 Å². The van der Waals surface area contributed by atoms with Crippen molar-refractivity contribution in [1.82, 2.24) is 15.1 Å². The molecule has 1 fully saturated rings. The van der Waals surface area contributed by atoms with Crippen molar-refractivity contribution < 1.29 is 9.59 Å². The second-order valence-electron chi connectivity index (χ2n) is 6.15. The fraction of sp³-hybridized carbons (Fsp3) is 0.529. The summed E-state index contributed by atoms with van der Waals surface area (Å²) in [6.07, 6.45) is 5.15. The minimum atomic E-state index is -0.00115. The Morgan fingerprint density at radius 2 is 2.04 bits per heavy atom. The minimum Gasteiger partial charge on any atom is -0.348 e. The maximum Gasteiger partial charge on any atom is 0.261 e. The maximum atomic E-state index is 12.1. The molecule has 0 saturated carbocycles. The van der Waals surface area contributed by atoms with Crippen LogP contribution in [0.1, 0.15) is 27.4 Å². The van der Waals surface area contributed by atoms with Gasteiger partial charge in [0.2, 0.25) is 5.91 Å². The lowest BCUT2D eigenvalue weighted by Gasteiger charge is -2.31. The Hall–Kier alpha value is -1.66. The standard InChI is InChI=1S/C17H25N3O2S/c1-13-6-7-15(23-13)17(22)18-14-8-11-20(12-9-14)16(21)5-4-10-19(2)3/h4-7,14H,8-12H2,1-3H3,(H,18,22)/b5-4+. The maximum absolute atomic E-state index is 12.1. The van der Waals surface area contributed by atoms with Gasteiger partial charge in [-0.3, -0.25) is 9.59 Å². The topological polar surface area (TPSA) is 52.7 Å². The average Bonchev–Trinajstić information content (AvgIpc) is 2.94. The molecule has 0 bridgehead atoms. The summed E-state index contributed by atoms with van der Waals surface area (Å²) in [4.78, 5) is 30.0. The molecule has 1 N–H and O–H groups in total. The summed E-state index contributed by atoms with van der Waals surface area (Å²) >= 11 is 1.51. The van der Waals surface area contributed by atoms with E-state index in [0.29, 0.717) is 13.1 Å². The molecule has 2 amide bonds. The Balaban J connectivity index is 1.76. The highest BCUT2D eigenvalue weighted by atomic mass is 32.1. The zero-order valence-corrected chi connectivity index (χ0v) is 14.9. The number of rotatable bonds is 5. The average molecular weight is 335 g/mol. The lowest BCUT2D eigenvalue weighted by atomic mass is 10.0. The second kappa shape index (κ2) is 8.26. The van der Waals surface area contributed by atoms with Crippen molar-refractivity contribution in [2.75, 3.05) is 33.7 Å². The van der Waals surface area contributed by atoms with Crippen LogP contribution in [-0.2, 0) is 4.79 Å². The number of hydrogen-bond donors (Lipinski definition) is 1. The molecule has 2 heterocycles. The molecule has 1 aromatic heterocycles. The third-order valence-electron chi connectivity index (χ3n) is 3.84. The van der Waals surface area contributed by atoms with Gasteiger partial charge in [-0.15, -0.1) is 11.3 Å². The summed E-state index contributed by atoms with van der Waals surface area (Å²) in [5, 5.41) is 3.07. The quantitative estimate of drug-likeness (QED) is 0.836. The highest BCUT2D eigenvalue weighted by molar-refractivity contribution is 7.13. The molecule has 23 heavy (non-hydrogen) atoms. The van der Waals surface area contributed by atoms with Crippen LogP contribution in [0.15, 0.2) is 24.3 Å². The van der Waals surface area contributed by atoms with Crippen molar-refractivity contribution in [2.24, 2.45) is 0 Å². The molecule has 0 aromatic carbocycles. The van der Waals surface area contributed by atoms with E-state index in [-0.39, 0.29) is 17.9 Å². The van der Waals surface area contributed by atoms with E-state index in [9.17, 15) is 9.59 Å². The van der Waals surface area contributed by atoms with Gasteiger partial charge >= 0.3 is 0 Å². The van der Waals surface area contributed by atoms with Crippen LogP contribution in [0.3, 0.4) is 0 Å². The van der Waals surface area contributed by atoms with E-state index in [1.807, 2.05) is 49.0 Å². The van der Waals surface area contributed by atoms with Crippen LogP contribution in [-0.4, -0.2) is 61.4 Å². The number of nitrogens with one attached hydrogen (secondary N) is 1. The van der Waals surface area contributed by atoms with Crippen LogP contribution in [0.4, 0.5) is 0 Å². The molecule has 1 saturated heterocycles. The number of carbonyl (C=O) groups excluding carboxylic acids is 2. The minimum absolute atomic E-state index is 0.00115. The summed E-state index contributed by atoms with van der Waals surface area (Å²) in [7, 11) is 3.94. The first-order chi connectivity index (χ1) is 11.0. The predicted molar refractivity (Wildman–Crippen MR) is 93.8 cm³/mol. The predicted octanol–water partition coefficient (Wildman–Crippen LogP) is 1.90. The summed E-state index contributed by atoms with van der Waals surface area (Å²) in [5.74, 6) is 0.0595. The van der Waals surface area contributed by atoms with E-state index in [1.54, 1.807) is 6.08 Å². The van der Waals surface area contributed by atoms with E-state index in [1.165, 1.54) is 11.3 Å². The lowest BCUT2D eigenvalue weighted by Crippen LogP contribution is -2.46. The summed E-state index contributed by atoms with van der Waals surface area (Å²) in [6.45, 7) is 4.15. The Morgan fingerprint density at radius 3 is 2.61 bits per heavy atom. The Labute approximate surface area is 142 Å². The monoisotopic (exact) mass is 335 g/mol. The third kappa shape index (κ3) is 5.48. The van der Waals surface area contributed by atoms with Crippen molar-refractivity contribution >= 4 is 23.2 Å². The van der Waals surface area contributed by atoms with Gasteiger partial charge in [-0.2, -0.15) is 0 Å². The van der Waals surface area contributed by atoms with Crippen molar-refractivity contribution in [1.29, 1.82) is 0 Å². The van der Waals surface area contributed by atoms with Crippen LogP contribution >= 0.6 is 11.3 Å². The molecule has 1 aliphatic heterocycles. The van der Waals surface area contributed by atoms with Gasteiger partial charge in [0.1, 0.15) is 0 Å². The molecule has 1 aliphatic rings. The molecule has 0 spiro atoms. The smallest absolute Gasteiger partial charge is 0.261 e. The van der Waals surface area contributed by atoms with E-state index in [2.05, 4.69) is 5.32 Å². The van der Waals surface area contributed by atoms with Crippen LogP contribution in [0, 0.1) is 6.92 Å². The van der Waals surface area contributed by atoms with E-state index < -0.39 is 0 Å². The summed E-state index contributed by atoms with van der Waals surface area (Å²) < 4.78 is 0. The fourth-order valence-electron chi connectivity index (χ4n) is 2.53. The Morgan fingerprint density at radius 1 is 1.35 bits per heavy atom. The molecule has 5 nitrogen and oxygen atoms in total. The Bertz CT molecular complexity index is 572. The largest absolute Gasteiger partial charge is 0.348 e. The Kier molecular flexibility index (Phi) is 6.36. The summed E-state index contributed by atoms with van der Waals surface area (Å²) in [6, 6.07) is 3.98. The van der Waals surface area contributed by atoms with E-state index in [0.717, 1.165) is 29.1 Å². The van der Waals surface area contributed by atoms with Gasteiger partial charge in [0.25, 0.3) is 5.91 Å². The number of aryl methyl sites for hydroxylation is 1. The number of thiophene rings is 1. The zero-order valence-electron chi connectivity index (χ0n) is 14.0. The molecule has 0 radical (unpaired) electrons. The number of piperidine rings is 1. The number of nitrogens with zero attached hydrogens (tertiary/aromatic N) is 2. The molecular weight excluding hydrogens is 310 g/mol. The zero-order chi connectivity index (χ0) is 16.8. The number of carbonyl (C=O) groups is 2. The molecule has 0 unspecified atom stereocenters. The first-order valence-corrected chi connectivity index (χ1v) is 8.75. The van der Waals surface area contributed by atoms with Crippen LogP contribution < -0.4 is 5.32 Å². The number of likely N-dealkylation sites (N-methyl/N-ethyl adjacent to an activating group) is 1. The van der Waals surface area contributed by atoms with Gasteiger partial charge in [-0.05, 0) is 46.0 Å². The van der Waals surface area contributed by atoms with Crippen molar-refractivity contribution in [3.63, 3.8) is 0 Å². The number of hydrogen-bond acceptors (Lipinski definition) is 4. The first-order valence-electron chi connectivity index (χ1n) is 7.93. The molecular formula is C17H25N3O2S. The first kappa shape index (κ1) is 17.7. The molecule has 2 rings (SSSR count). The van der Waals surface area contributed by atoms with Crippen LogP contribution in [0.25, 0.3) is 0 Å². The van der Waals surface area contributed by atoms with Gasteiger partial charge in [0.05, 0.1) is 4.88 Å². The van der Waals surface area contributed by atoms with Crippen molar-refractivity contribution in [2.45, 2.75) is 25.8 Å². The molecule has 6 heteroatoms. The highest BCUT2D eigenvalue weighted by Gasteiger charge is 2.23. The molecule has 1 aromatic rings. The third-order valence-corrected chi connectivity index (χ3v) is 4.84. The molecule has 126 valence electrons. The molecule has 0 aliphatic carbocycles. The SMILES string of the molecule is Cc1ccc(C(=O)NC2CCN(C(=O)/C=C/CN(C)C)CC2)s1. The van der Waals surface area contributed by atoms with Crippen LogP contribution in [0.2, 0.25) is 0 Å². The molecule has 0 atom stereocenters. The lowest BCUT2D eigenvalue weighted by molar-refractivity contribution is -0.127. The fourth-order valence-corrected chi connectivity index (χ4v) is 3.30. The van der Waals surface area contributed by atoms with Crippen molar-refractivity contribution in [3.8, 4) is 0 Å². The number of likely N-dealkylation sites (tertiary alicyclic amines) is 1. The van der Waals surface area contributed by atoms with Crippen LogP contribution in [0.5, 0.6) is 0 Å². The van der Waals surface area contributed by atoms with Gasteiger partial charge < -0.3 is 15.1 Å². The summed E-state index contributed by atoms with van der Waals surface area (Å²) in [5.41, 5.74) is 0. The normalized spacial score (nSPS) is 16.3. The second-order valence-corrected chi connectivity index (χ2v) is 7.44. The van der Waals surface area contributed by atoms with Gasteiger partial charge in [-0.25, -0.2) is 0 Å². The van der Waals surface area contributed by atoms with Gasteiger partial charge in [0, 0.05) is 36.6 Å².